The zero-order chi connectivity index (χ0) is 10.1. The molecule has 0 aliphatic carbocycles. The lowest BCUT2D eigenvalue weighted by Gasteiger charge is -1.99. The Morgan fingerprint density at radius 1 is 0.933 bits per heavy atom. The van der Waals surface area contributed by atoms with Crippen LogP contribution in [0.5, 0.6) is 0 Å². The van der Waals surface area contributed by atoms with Crippen LogP contribution in [0.25, 0.3) is 22.4 Å². The molecule has 0 spiro atoms. The van der Waals surface area contributed by atoms with Crippen molar-refractivity contribution in [3.8, 4) is 11.3 Å². The lowest BCUT2D eigenvalue weighted by atomic mass is 10.1. The quantitative estimate of drug-likeness (QED) is 0.648. The number of imidazole rings is 1. The second-order valence-electron chi connectivity index (χ2n) is 3.34. The maximum absolute atomic E-state index is 4.46. The number of hydrogen-bond acceptors (Lipinski definition) is 2. The van der Waals surface area contributed by atoms with Crippen LogP contribution in [0.1, 0.15) is 0 Å². The Hall–Kier alpha value is -2.16. The summed E-state index contributed by atoms with van der Waals surface area (Å²) in [6.07, 6.45) is 1.66. The molecule has 0 bridgehead atoms. The lowest BCUT2D eigenvalue weighted by molar-refractivity contribution is 1.30. The number of rotatable bonds is 1. The van der Waals surface area contributed by atoms with Gasteiger partial charge in [-0.2, -0.15) is 0 Å². The molecule has 1 N–H and O–H groups in total. The highest BCUT2D eigenvalue weighted by Gasteiger charge is 2.01. The molecule has 0 fully saturated rings. The second-order valence-corrected chi connectivity index (χ2v) is 3.34. The standard InChI is InChI=1S/C12H9N3/c1-2-4-9(5-3-1)10-6-7-11-12(15-10)14-8-13-11/h1-8H,(H,13,14,15). The predicted molar refractivity (Wildman–Crippen MR) is 59.3 cm³/mol. The SMILES string of the molecule is c1ccc(-c2ccc3[nH]cnc3n2)cc1. The van der Waals surface area contributed by atoms with Crippen molar-refractivity contribution >= 4 is 11.2 Å². The van der Waals surface area contributed by atoms with E-state index in [0.717, 1.165) is 22.4 Å². The molecule has 0 saturated heterocycles. The van der Waals surface area contributed by atoms with Crippen molar-refractivity contribution in [1.82, 2.24) is 15.0 Å². The van der Waals surface area contributed by atoms with E-state index in [0.29, 0.717) is 0 Å². The van der Waals surface area contributed by atoms with Gasteiger partial charge >= 0.3 is 0 Å². The molecule has 72 valence electrons. The Morgan fingerprint density at radius 3 is 2.67 bits per heavy atom. The van der Waals surface area contributed by atoms with E-state index < -0.39 is 0 Å². The fourth-order valence-corrected chi connectivity index (χ4v) is 1.59. The maximum Gasteiger partial charge on any atom is 0.177 e. The first-order valence-corrected chi connectivity index (χ1v) is 4.79. The summed E-state index contributed by atoms with van der Waals surface area (Å²) in [4.78, 5) is 11.6. The van der Waals surface area contributed by atoms with Crippen LogP contribution >= 0.6 is 0 Å². The molecule has 3 rings (SSSR count). The molecule has 1 aromatic carbocycles. The van der Waals surface area contributed by atoms with Gasteiger partial charge in [-0.25, -0.2) is 9.97 Å². The number of fused-ring (bicyclic) bond motifs is 1. The van der Waals surface area contributed by atoms with Gasteiger partial charge < -0.3 is 4.98 Å². The minimum absolute atomic E-state index is 0.761. The Bertz CT molecular complexity index is 584. The van der Waals surface area contributed by atoms with Gasteiger partial charge in [0.05, 0.1) is 17.5 Å². The van der Waals surface area contributed by atoms with Crippen LogP contribution in [0, 0.1) is 0 Å². The minimum atomic E-state index is 0.761. The lowest BCUT2D eigenvalue weighted by Crippen LogP contribution is -1.83. The summed E-state index contributed by atoms with van der Waals surface area (Å²) in [5, 5.41) is 0. The van der Waals surface area contributed by atoms with Crippen molar-refractivity contribution in [2.75, 3.05) is 0 Å². The molecule has 0 amide bonds. The van der Waals surface area contributed by atoms with Gasteiger partial charge in [-0.1, -0.05) is 30.3 Å². The highest BCUT2D eigenvalue weighted by atomic mass is 14.9. The molecule has 3 nitrogen and oxygen atoms in total. The molecule has 2 heterocycles. The fourth-order valence-electron chi connectivity index (χ4n) is 1.59. The zero-order valence-electron chi connectivity index (χ0n) is 8.01. The summed E-state index contributed by atoms with van der Waals surface area (Å²) in [5.74, 6) is 0. The summed E-state index contributed by atoms with van der Waals surface area (Å²) >= 11 is 0. The first kappa shape index (κ1) is 8.17. The molecule has 2 aromatic heterocycles. The van der Waals surface area contributed by atoms with Crippen LogP contribution in [0.3, 0.4) is 0 Å². The van der Waals surface area contributed by atoms with E-state index in [9.17, 15) is 0 Å². The smallest absolute Gasteiger partial charge is 0.177 e. The van der Waals surface area contributed by atoms with E-state index in [1.54, 1.807) is 6.33 Å². The van der Waals surface area contributed by atoms with E-state index in [4.69, 9.17) is 0 Å². The van der Waals surface area contributed by atoms with Gasteiger partial charge in [0.25, 0.3) is 0 Å². The van der Waals surface area contributed by atoms with E-state index in [1.165, 1.54) is 0 Å². The molecular weight excluding hydrogens is 186 g/mol. The summed E-state index contributed by atoms with van der Waals surface area (Å²) < 4.78 is 0. The number of nitrogens with one attached hydrogen (secondary N) is 1. The average Bonchev–Trinajstić information content (AvgIpc) is 2.77. The Morgan fingerprint density at radius 2 is 1.80 bits per heavy atom. The number of pyridine rings is 1. The van der Waals surface area contributed by atoms with Crippen molar-refractivity contribution < 1.29 is 0 Å². The van der Waals surface area contributed by atoms with Gasteiger partial charge in [0, 0.05) is 5.56 Å². The van der Waals surface area contributed by atoms with Crippen molar-refractivity contribution in [3.05, 3.63) is 48.8 Å². The number of H-pyrrole nitrogens is 1. The van der Waals surface area contributed by atoms with Crippen molar-refractivity contribution in [1.29, 1.82) is 0 Å². The van der Waals surface area contributed by atoms with Crippen LogP contribution < -0.4 is 0 Å². The number of aromatic nitrogens is 3. The summed E-state index contributed by atoms with van der Waals surface area (Å²) in [5.41, 5.74) is 3.80. The fraction of sp³-hybridized carbons (Fsp3) is 0. The molecule has 0 unspecified atom stereocenters. The van der Waals surface area contributed by atoms with Gasteiger partial charge in [0.1, 0.15) is 0 Å². The Labute approximate surface area is 86.8 Å². The van der Waals surface area contributed by atoms with E-state index in [2.05, 4.69) is 15.0 Å². The van der Waals surface area contributed by atoms with E-state index >= 15 is 0 Å². The molecule has 0 aliphatic rings. The number of benzene rings is 1. The first-order chi connectivity index (χ1) is 7.43. The highest BCUT2D eigenvalue weighted by molar-refractivity contribution is 5.74. The minimum Gasteiger partial charge on any atom is -0.343 e. The second kappa shape index (κ2) is 3.20. The van der Waals surface area contributed by atoms with Gasteiger partial charge in [0.2, 0.25) is 0 Å². The largest absolute Gasteiger partial charge is 0.343 e. The van der Waals surface area contributed by atoms with Crippen LogP contribution in [-0.2, 0) is 0 Å². The van der Waals surface area contributed by atoms with Gasteiger partial charge in [0.15, 0.2) is 5.65 Å². The molecular formula is C12H9N3. The molecule has 0 aliphatic heterocycles. The van der Waals surface area contributed by atoms with Gasteiger partial charge in [-0.05, 0) is 12.1 Å². The van der Waals surface area contributed by atoms with Crippen molar-refractivity contribution in [2.24, 2.45) is 0 Å². The number of hydrogen-bond donors (Lipinski definition) is 1. The molecule has 0 atom stereocenters. The monoisotopic (exact) mass is 195 g/mol. The number of nitrogens with zero attached hydrogens (tertiary/aromatic N) is 2. The average molecular weight is 195 g/mol. The molecule has 3 heteroatoms. The van der Waals surface area contributed by atoms with Crippen molar-refractivity contribution in [3.63, 3.8) is 0 Å². The summed E-state index contributed by atoms with van der Waals surface area (Å²) in [7, 11) is 0. The van der Waals surface area contributed by atoms with Crippen LogP contribution in [0.15, 0.2) is 48.8 Å². The van der Waals surface area contributed by atoms with E-state index in [1.807, 2.05) is 42.5 Å². The summed E-state index contributed by atoms with van der Waals surface area (Å²) in [6.45, 7) is 0. The van der Waals surface area contributed by atoms with E-state index in [-0.39, 0.29) is 0 Å². The Balaban J connectivity index is 2.19. The predicted octanol–water partition coefficient (Wildman–Crippen LogP) is 2.62. The van der Waals surface area contributed by atoms with Gasteiger partial charge in [-0.15, -0.1) is 0 Å². The maximum atomic E-state index is 4.46. The third-order valence-electron chi connectivity index (χ3n) is 2.35. The third kappa shape index (κ3) is 1.38. The molecule has 0 radical (unpaired) electrons. The highest BCUT2D eigenvalue weighted by Crippen LogP contribution is 2.18. The topological polar surface area (TPSA) is 41.6 Å². The number of aromatic amines is 1. The first-order valence-electron chi connectivity index (χ1n) is 4.79. The molecule has 3 aromatic rings. The molecule has 15 heavy (non-hydrogen) atoms. The third-order valence-corrected chi connectivity index (χ3v) is 2.35. The van der Waals surface area contributed by atoms with Crippen LogP contribution in [-0.4, -0.2) is 15.0 Å². The molecule has 0 saturated carbocycles. The zero-order valence-corrected chi connectivity index (χ0v) is 8.01. The Kier molecular flexibility index (Phi) is 1.75. The van der Waals surface area contributed by atoms with Crippen molar-refractivity contribution in [2.45, 2.75) is 0 Å². The summed E-state index contributed by atoms with van der Waals surface area (Å²) in [6, 6.07) is 14.1. The normalized spacial score (nSPS) is 10.7. The van der Waals surface area contributed by atoms with Crippen LogP contribution in [0.4, 0.5) is 0 Å². The van der Waals surface area contributed by atoms with Crippen LogP contribution in [0.2, 0.25) is 0 Å². The van der Waals surface area contributed by atoms with Gasteiger partial charge in [-0.3, -0.25) is 0 Å².